The van der Waals surface area contributed by atoms with Crippen molar-refractivity contribution in [3.05, 3.63) is 72.1 Å². The van der Waals surface area contributed by atoms with Crippen molar-refractivity contribution in [3.8, 4) is 16.9 Å². The van der Waals surface area contributed by atoms with E-state index in [1.54, 1.807) is 28.8 Å². The lowest BCUT2D eigenvalue weighted by atomic mass is 10.1. The summed E-state index contributed by atoms with van der Waals surface area (Å²) in [4.78, 5) is 16.8. The fourth-order valence-electron chi connectivity index (χ4n) is 2.36. The van der Waals surface area contributed by atoms with E-state index in [0.717, 1.165) is 11.3 Å². The largest absolute Gasteiger partial charge is 0.296 e. The normalized spacial score (nSPS) is 10.6. The molecule has 0 saturated carbocycles. The third-order valence-corrected chi connectivity index (χ3v) is 4.10. The second kappa shape index (κ2) is 6.62. The highest BCUT2D eigenvalue weighted by Crippen LogP contribution is 2.24. The number of amides is 1. The molecule has 7 nitrogen and oxygen atoms in total. The Hall–Kier alpha value is -3.39. The predicted molar refractivity (Wildman–Crippen MR) is 94.7 cm³/mol. The standard InChI is InChI=1S/C17H12N6OS/c24-16(20-17-21-19-11-25-17)14-10-23(13-6-2-1-3-7-13)22-15(14)12-5-4-8-18-9-12/h1-11H,(H,20,21,24). The first-order valence-corrected chi connectivity index (χ1v) is 8.32. The Morgan fingerprint density at radius 2 is 2.00 bits per heavy atom. The first kappa shape index (κ1) is 15.2. The lowest BCUT2D eigenvalue weighted by Gasteiger charge is -2.01. The van der Waals surface area contributed by atoms with Crippen LogP contribution in [-0.4, -0.2) is 30.9 Å². The minimum Gasteiger partial charge on any atom is -0.296 e. The second-order valence-electron chi connectivity index (χ2n) is 5.11. The molecule has 122 valence electrons. The highest BCUT2D eigenvalue weighted by Gasteiger charge is 2.19. The van der Waals surface area contributed by atoms with Gasteiger partial charge in [0.2, 0.25) is 5.13 Å². The van der Waals surface area contributed by atoms with Gasteiger partial charge in [0, 0.05) is 24.2 Å². The lowest BCUT2D eigenvalue weighted by molar-refractivity contribution is 0.102. The Kier molecular flexibility index (Phi) is 4.01. The Bertz CT molecular complexity index is 983. The number of hydrogen-bond donors (Lipinski definition) is 1. The molecule has 0 saturated heterocycles. The summed E-state index contributed by atoms with van der Waals surface area (Å²) in [5.74, 6) is -0.294. The SMILES string of the molecule is O=C(Nc1nncs1)c1cn(-c2ccccc2)nc1-c1cccnc1. The number of anilines is 1. The minimum atomic E-state index is -0.294. The van der Waals surface area contributed by atoms with E-state index < -0.39 is 0 Å². The molecule has 0 fully saturated rings. The molecule has 0 spiro atoms. The van der Waals surface area contributed by atoms with Gasteiger partial charge in [-0.3, -0.25) is 15.1 Å². The summed E-state index contributed by atoms with van der Waals surface area (Å²) < 4.78 is 1.68. The van der Waals surface area contributed by atoms with Crippen molar-refractivity contribution < 1.29 is 4.79 Å². The van der Waals surface area contributed by atoms with Crippen LogP contribution in [0.5, 0.6) is 0 Å². The Morgan fingerprint density at radius 1 is 1.12 bits per heavy atom. The van der Waals surface area contributed by atoms with Crippen molar-refractivity contribution in [1.82, 2.24) is 25.0 Å². The third-order valence-electron chi connectivity index (χ3n) is 3.50. The summed E-state index contributed by atoms with van der Waals surface area (Å²) in [5, 5.41) is 15.3. The van der Waals surface area contributed by atoms with Crippen molar-refractivity contribution in [1.29, 1.82) is 0 Å². The van der Waals surface area contributed by atoms with Crippen LogP contribution in [0.4, 0.5) is 5.13 Å². The van der Waals surface area contributed by atoms with Gasteiger partial charge in [0.1, 0.15) is 11.2 Å². The number of pyridine rings is 1. The smallest absolute Gasteiger partial charge is 0.261 e. The van der Waals surface area contributed by atoms with E-state index in [-0.39, 0.29) is 5.91 Å². The summed E-state index contributed by atoms with van der Waals surface area (Å²) in [6.45, 7) is 0. The number of nitrogens with one attached hydrogen (secondary N) is 1. The fourth-order valence-corrected chi connectivity index (χ4v) is 2.80. The Morgan fingerprint density at radius 3 is 2.72 bits per heavy atom. The van der Waals surface area contributed by atoms with E-state index in [2.05, 4.69) is 25.6 Å². The molecule has 0 aliphatic heterocycles. The number of carbonyl (C=O) groups is 1. The number of para-hydroxylation sites is 1. The first-order chi connectivity index (χ1) is 12.3. The van der Waals surface area contributed by atoms with Gasteiger partial charge in [-0.2, -0.15) is 5.10 Å². The molecule has 1 aromatic carbocycles. The molecule has 0 bridgehead atoms. The zero-order valence-corrected chi connectivity index (χ0v) is 13.7. The number of carbonyl (C=O) groups excluding carboxylic acids is 1. The van der Waals surface area contributed by atoms with Gasteiger partial charge in [0.25, 0.3) is 5.91 Å². The summed E-state index contributed by atoms with van der Waals surface area (Å²) in [6.07, 6.45) is 5.06. The molecule has 0 aliphatic rings. The van der Waals surface area contributed by atoms with Crippen LogP contribution in [0.2, 0.25) is 0 Å². The molecular formula is C17H12N6OS. The summed E-state index contributed by atoms with van der Waals surface area (Å²) >= 11 is 1.26. The van der Waals surface area contributed by atoms with E-state index in [0.29, 0.717) is 16.4 Å². The highest BCUT2D eigenvalue weighted by molar-refractivity contribution is 7.13. The molecule has 0 aliphatic carbocycles. The van der Waals surface area contributed by atoms with Crippen molar-refractivity contribution in [3.63, 3.8) is 0 Å². The van der Waals surface area contributed by atoms with Crippen LogP contribution < -0.4 is 5.32 Å². The maximum atomic E-state index is 12.7. The monoisotopic (exact) mass is 348 g/mol. The van der Waals surface area contributed by atoms with Gasteiger partial charge in [-0.25, -0.2) is 4.68 Å². The molecule has 3 heterocycles. The minimum absolute atomic E-state index is 0.294. The van der Waals surface area contributed by atoms with Gasteiger partial charge in [0.05, 0.1) is 11.3 Å². The average molecular weight is 348 g/mol. The topological polar surface area (TPSA) is 85.6 Å². The molecule has 0 atom stereocenters. The number of rotatable bonds is 4. The number of hydrogen-bond acceptors (Lipinski definition) is 6. The van der Waals surface area contributed by atoms with Crippen molar-refractivity contribution in [2.24, 2.45) is 0 Å². The summed E-state index contributed by atoms with van der Waals surface area (Å²) in [7, 11) is 0. The Balaban J connectivity index is 1.78. The van der Waals surface area contributed by atoms with Gasteiger partial charge in [-0.15, -0.1) is 10.2 Å². The van der Waals surface area contributed by atoms with Gasteiger partial charge in [0.15, 0.2) is 0 Å². The third kappa shape index (κ3) is 3.15. The van der Waals surface area contributed by atoms with E-state index in [1.165, 1.54) is 11.3 Å². The molecular weight excluding hydrogens is 336 g/mol. The van der Waals surface area contributed by atoms with Crippen LogP contribution in [0.25, 0.3) is 16.9 Å². The molecule has 25 heavy (non-hydrogen) atoms. The zero-order valence-electron chi connectivity index (χ0n) is 12.9. The van der Waals surface area contributed by atoms with E-state index in [9.17, 15) is 4.79 Å². The lowest BCUT2D eigenvalue weighted by Crippen LogP contribution is -2.12. The van der Waals surface area contributed by atoms with Crippen LogP contribution in [0.15, 0.2) is 66.6 Å². The Labute approximate surface area is 147 Å². The van der Waals surface area contributed by atoms with E-state index >= 15 is 0 Å². The average Bonchev–Trinajstić information content (AvgIpc) is 3.33. The van der Waals surface area contributed by atoms with Crippen molar-refractivity contribution in [2.75, 3.05) is 5.32 Å². The van der Waals surface area contributed by atoms with Gasteiger partial charge < -0.3 is 0 Å². The molecule has 0 unspecified atom stereocenters. The van der Waals surface area contributed by atoms with Crippen molar-refractivity contribution >= 4 is 22.4 Å². The number of benzene rings is 1. The van der Waals surface area contributed by atoms with Gasteiger partial charge in [-0.1, -0.05) is 29.5 Å². The molecule has 4 rings (SSSR count). The van der Waals surface area contributed by atoms with Crippen LogP contribution in [-0.2, 0) is 0 Å². The fraction of sp³-hybridized carbons (Fsp3) is 0. The molecule has 3 aromatic heterocycles. The van der Waals surface area contributed by atoms with Crippen LogP contribution in [0.1, 0.15) is 10.4 Å². The van der Waals surface area contributed by atoms with Crippen LogP contribution >= 0.6 is 11.3 Å². The molecule has 1 amide bonds. The highest BCUT2D eigenvalue weighted by atomic mass is 32.1. The van der Waals surface area contributed by atoms with E-state index in [1.807, 2.05) is 42.5 Å². The quantitative estimate of drug-likeness (QED) is 0.613. The van der Waals surface area contributed by atoms with E-state index in [4.69, 9.17) is 0 Å². The van der Waals surface area contributed by atoms with Gasteiger partial charge in [-0.05, 0) is 24.3 Å². The maximum absolute atomic E-state index is 12.7. The maximum Gasteiger partial charge on any atom is 0.261 e. The van der Waals surface area contributed by atoms with Crippen LogP contribution in [0, 0.1) is 0 Å². The van der Waals surface area contributed by atoms with Crippen LogP contribution in [0.3, 0.4) is 0 Å². The van der Waals surface area contributed by atoms with Gasteiger partial charge >= 0.3 is 0 Å². The molecule has 4 aromatic rings. The first-order valence-electron chi connectivity index (χ1n) is 7.44. The summed E-state index contributed by atoms with van der Waals surface area (Å²) in [5.41, 5.74) is 4.18. The molecule has 0 radical (unpaired) electrons. The predicted octanol–water partition coefficient (Wildman–Crippen LogP) is 3.04. The molecule has 8 heteroatoms. The second-order valence-corrected chi connectivity index (χ2v) is 5.94. The number of nitrogens with zero attached hydrogens (tertiary/aromatic N) is 5. The number of aromatic nitrogens is 5. The van der Waals surface area contributed by atoms with Crippen molar-refractivity contribution in [2.45, 2.75) is 0 Å². The molecule has 1 N–H and O–H groups in total. The summed E-state index contributed by atoms with van der Waals surface area (Å²) in [6, 6.07) is 13.3. The zero-order chi connectivity index (χ0) is 17.1.